The van der Waals surface area contributed by atoms with Crippen LogP contribution in [0.3, 0.4) is 0 Å². The van der Waals surface area contributed by atoms with Crippen LogP contribution in [0, 0.1) is 11.3 Å². The fourth-order valence-corrected chi connectivity index (χ4v) is 2.14. The molecule has 0 radical (unpaired) electrons. The third-order valence-electron chi connectivity index (χ3n) is 1.92. The van der Waals surface area contributed by atoms with E-state index in [0.29, 0.717) is 10.0 Å². The van der Waals surface area contributed by atoms with Crippen LogP contribution in [0.1, 0.15) is 11.3 Å². The Morgan fingerprint density at radius 2 is 2.40 bits per heavy atom. The van der Waals surface area contributed by atoms with Crippen LogP contribution in [0.2, 0.25) is 5.15 Å². The predicted octanol–water partition coefficient (Wildman–Crippen LogP) is 1.71. The lowest BCUT2D eigenvalue weighted by molar-refractivity contribution is 0.712. The Labute approximate surface area is 98.5 Å². The van der Waals surface area contributed by atoms with Gasteiger partial charge in [-0.2, -0.15) is 5.26 Å². The van der Waals surface area contributed by atoms with Crippen LogP contribution in [-0.4, -0.2) is 32.2 Å². The second-order valence-electron chi connectivity index (χ2n) is 3.11. The molecule has 0 atom stereocenters. The van der Waals surface area contributed by atoms with Crippen LogP contribution in [0.5, 0.6) is 0 Å². The molecule has 0 aliphatic rings. The van der Waals surface area contributed by atoms with Crippen molar-refractivity contribution in [1.29, 1.82) is 5.26 Å². The second-order valence-corrected chi connectivity index (χ2v) is 4.44. The molecule has 0 saturated heterocycles. The van der Waals surface area contributed by atoms with Crippen LogP contribution in [0.4, 0.5) is 5.13 Å². The third kappa shape index (κ3) is 3.34. The molecule has 0 fully saturated rings. The van der Waals surface area contributed by atoms with Gasteiger partial charge in [0.05, 0.1) is 0 Å². The van der Waals surface area contributed by atoms with Crippen molar-refractivity contribution in [3.05, 3.63) is 10.0 Å². The summed E-state index contributed by atoms with van der Waals surface area (Å²) in [5.74, 6) is 0. The summed E-state index contributed by atoms with van der Waals surface area (Å²) in [4.78, 5) is 6.61. The largest absolute Gasteiger partial charge is 0.351 e. The number of hydrogen-bond acceptors (Lipinski definition) is 5. The van der Waals surface area contributed by atoms with Crippen LogP contribution in [-0.2, 0) is 0 Å². The number of halogens is 1. The van der Waals surface area contributed by atoms with E-state index in [4.69, 9.17) is 16.9 Å². The number of thiazole rings is 1. The molecule has 0 unspecified atom stereocenters. The van der Waals surface area contributed by atoms with Gasteiger partial charge in [-0.1, -0.05) is 22.9 Å². The molecule has 1 rings (SSSR count). The van der Waals surface area contributed by atoms with Crippen molar-refractivity contribution in [2.45, 2.75) is 6.42 Å². The minimum atomic E-state index is 0.304. The Hall–Kier alpha value is -0.830. The Balaban J connectivity index is 2.58. The van der Waals surface area contributed by atoms with Crippen LogP contribution in [0.25, 0.3) is 0 Å². The molecular weight excluding hydrogens is 232 g/mol. The number of nitrogens with zero attached hydrogens (tertiary/aromatic N) is 3. The number of aromatic nitrogens is 1. The van der Waals surface area contributed by atoms with E-state index in [1.807, 2.05) is 25.1 Å². The smallest absolute Gasteiger partial charge is 0.187 e. The van der Waals surface area contributed by atoms with Gasteiger partial charge in [-0.05, 0) is 20.0 Å². The van der Waals surface area contributed by atoms with Crippen molar-refractivity contribution < 1.29 is 0 Å². The van der Waals surface area contributed by atoms with Gasteiger partial charge < -0.3 is 10.2 Å². The SMILES string of the molecule is CNCCCN(C)c1nc(Cl)c(C#N)s1. The molecule has 82 valence electrons. The van der Waals surface area contributed by atoms with Crippen LogP contribution in [0.15, 0.2) is 0 Å². The summed E-state index contributed by atoms with van der Waals surface area (Å²) in [7, 11) is 3.88. The van der Waals surface area contributed by atoms with Crippen molar-refractivity contribution in [3.8, 4) is 6.07 Å². The number of hydrogen-bond donors (Lipinski definition) is 1. The Morgan fingerprint density at radius 1 is 1.67 bits per heavy atom. The number of anilines is 1. The van der Waals surface area contributed by atoms with Gasteiger partial charge in [-0.3, -0.25) is 0 Å². The van der Waals surface area contributed by atoms with Gasteiger partial charge in [0.2, 0.25) is 0 Å². The quantitative estimate of drug-likeness (QED) is 0.802. The molecule has 0 spiro atoms. The third-order valence-corrected chi connectivity index (χ3v) is 3.38. The highest BCUT2D eigenvalue weighted by atomic mass is 35.5. The van der Waals surface area contributed by atoms with E-state index in [1.165, 1.54) is 11.3 Å². The molecule has 0 saturated carbocycles. The van der Waals surface area contributed by atoms with E-state index in [1.54, 1.807) is 0 Å². The standard InChI is InChI=1S/C9H13ClN4S/c1-12-4-3-5-14(2)9-13-8(10)7(6-11)15-9/h12H,3-5H2,1-2H3. The first-order valence-electron chi connectivity index (χ1n) is 4.61. The zero-order valence-corrected chi connectivity index (χ0v) is 10.3. The molecule has 1 aromatic heterocycles. The molecule has 0 aromatic carbocycles. The Morgan fingerprint density at radius 3 is 2.93 bits per heavy atom. The molecule has 0 aliphatic heterocycles. The molecule has 0 aliphatic carbocycles. The van der Waals surface area contributed by atoms with Crippen molar-refractivity contribution >= 4 is 28.1 Å². The first-order valence-corrected chi connectivity index (χ1v) is 5.80. The molecule has 1 heterocycles. The van der Waals surface area contributed by atoms with E-state index >= 15 is 0 Å². The van der Waals surface area contributed by atoms with E-state index in [9.17, 15) is 0 Å². The average Bonchev–Trinajstić information content (AvgIpc) is 2.60. The Kier molecular flexibility index (Phi) is 4.82. The summed E-state index contributed by atoms with van der Waals surface area (Å²) in [6.07, 6.45) is 1.03. The fraction of sp³-hybridized carbons (Fsp3) is 0.556. The molecule has 4 nitrogen and oxygen atoms in total. The van der Waals surface area contributed by atoms with E-state index in [-0.39, 0.29) is 0 Å². The van der Waals surface area contributed by atoms with Crippen molar-refractivity contribution in [3.63, 3.8) is 0 Å². The molecule has 15 heavy (non-hydrogen) atoms. The Bertz CT molecular complexity index is 357. The maximum atomic E-state index is 8.74. The maximum Gasteiger partial charge on any atom is 0.187 e. The minimum absolute atomic E-state index is 0.304. The molecule has 1 N–H and O–H groups in total. The summed E-state index contributed by atoms with van der Waals surface area (Å²) >= 11 is 7.12. The molecule has 6 heteroatoms. The topological polar surface area (TPSA) is 52.0 Å². The highest BCUT2D eigenvalue weighted by molar-refractivity contribution is 7.16. The summed E-state index contributed by atoms with van der Waals surface area (Å²) in [6.45, 7) is 1.87. The highest BCUT2D eigenvalue weighted by Gasteiger charge is 2.11. The summed E-state index contributed by atoms with van der Waals surface area (Å²) < 4.78 is 0. The predicted molar refractivity (Wildman–Crippen MR) is 63.7 cm³/mol. The van der Waals surface area contributed by atoms with Crippen molar-refractivity contribution in [2.75, 3.05) is 32.1 Å². The van der Waals surface area contributed by atoms with Gasteiger partial charge >= 0.3 is 0 Å². The van der Waals surface area contributed by atoms with Gasteiger partial charge in [0, 0.05) is 13.6 Å². The number of nitrogens with one attached hydrogen (secondary N) is 1. The lowest BCUT2D eigenvalue weighted by atomic mass is 10.4. The van der Waals surface area contributed by atoms with E-state index < -0.39 is 0 Å². The fourth-order valence-electron chi connectivity index (χ4n) is 1.11. The maximum absolute atomic E-state index is 8.74. The summed E-state index contributed by atoms with van der Waals surface area (Å²) in [5.41, 5.74) is 0. The lowest BCUT2D eigenvalue weighted by Crippen LogP contribution is -2.21. The zero-order valence-electron chi connectivity index (χ0n) is 8.75. The number of nitriles is 1. The summed E-state index contributed by atoms with van der Waals surface area (Å²) in [6, 6.07) is 2.02. The van der Waals surface area contributed by atoms with Gasteiger partial charge in [0.25, 0.3) is 0 Å². The minimum Gasteiger partial charge on any atom is -0.351 e. The number of rotatable bonds is 5. The average molecular weight is 245 g/mol. The van der Waals surface area contributed by atoms with E-state index in [0.717, 1.165) is 24.6 Å². The van der Waals surface area contributed by atoms with Gasteiger partial charge in [-0.25, -0.2) is 4.98 Å². The lowest BCUT2D eigenvalue weighted by Gasteiger charge is -2.14. The first-order chi connectivity index (χ1) is 7.19. The molecule has 1 aromatic rings. The first kappa shape index (κ1) is 12.2. The monoisotopic (exact) mass is 244 g/mol. The molecule has 0 bridgehead atoms. The van der Waals surface area contributed by atoms with E-state index in [2.05, 4.69) is 10.3 Å². The van der Waals surface area contributed by atoms with Gasteiger partial charge in [-0.15, -0.1) is 0 Å². The molecular formula is C9H13ClN4S. The molecule has 0 amide bonds. The van der Waals surface area contributed by atoms with Gasteiger partial charge in [0.1, 0.15) is 10.9 Å². The normalized spacial score (nSPS) is 10.0. The second kappa shape index (κ2) is 5.91. The van der Waals surface area contributed by atoms with Crippen molar-refractivity contribution in [1.82, 2.24) is 10.3 Å². The summed E-state index contributed by atoms with van der Waals surface area (Å²) in [5, 5.41) is 12.9. The van der Waals surface area contributed by atoms with Gasteiger partial charge in [0.15, 0.2) is 10.3 Å². The zero-order chi connectivity index (χ0) is 11.3. The van der Waals surface area contributed by atoms with Crippen LogP contribution >= 0.6 is 22.9 Å². The highest BCUT2D eigenvalue weighted by Crippen LogP contribution is 2.28. The van der Waals surface area contributed by atoms with Crippen molar-refractivity contribution in [2.24, 2.45) is 0 Å². The van der Waals surface area contributed by atoms with Crippen LogP contribution < -0.4 is 10.2 Å².